The molecule has 4 rings (SSSR count). The van der Waals surface area contributed by atoms with Gasteiger partial charge in [0.1, 0.15) is 6.10 Å². The van der Waals surface area contributed by atoms with E-state index in [2.05, 4.69) is 6.92 Å². The van der Waals surface area contributed by atoms with Crippen molar-refractivity contribution in [1.82, 2.24) is 0 Å². The van der Waals surface area contributed by atoms with Crippen LogP contribution in [0.1, 0.15) is 85.5 Å². The van der Waals surface area contributed by atoms with Crippen molar-refractivity contribution in [3.63, 3.8) is 0 Å². The van der Waals surface area contributed by atoms with Crippen LogP contribution < -0.4 is 0 Å². The molecule has 0 aromatic rings. The van der Waals surface area contributed by atoms with Crippen molar-refractivity contribution in [2.75, 3.05) is 13.2 Å². The summed E-state index contributed by atoms with van der Waals surface area (Å²) in [5, 5.41) is 12.0. The van der Waals surface area contributed by atoms with E-state index in [1.54, 1.807) is 0 Å². The predicted octanol–water partition coefficient (Wildman–Crippen LogP) is 3.80. The van der Waals surface area contributed by atoms with Crippen LogP contribution in [0.2, 0.25) is 0 Å². The van der Waals surface area contributed by atoms with Crippen LogP contribution in [-0.2, 0) is 28.6 Å². The summed E-state index contributed by atoms with van der Waals surface area (Å²) < 4.78 is 16.6. The van der Waals surface area contributed by atoms with E-state index in [1.807, 2.05) is 6.92 Å². The van der Waals surface area contributed by atoms with E-state index >= 15 is 0 Å². The number of hydrogen-bond donors (Lipinski definition) is 1. The number of rotatable bonds is 5. The first-order chi connectivity index (χ1) is 15.6. The lowest BCUT2D eigenvalue weighted by Gasteiger charge is -2.64. The summed E-state index contributed by atoms with van der Waals surface area (Å²) in [5.41, 5.74) is -1.66. The average molecular weight is 465 g/mol. The van der Waals surface area contributed by atoms with Crippen molar-refractivity contribution >= 4 is 17.9 Å². The molecule has 4 aliphatic rings. The fraction of sp³-hybridized carbons (Fsp3) is 0.885. The Balaban J connectivity index is 1.63. The second kappa shape index (κ2) is 8.86. The average Bonchev–Trinajstić information content (AvgIpc) is 3.09. The highest BCUT2D eigenvalue weighted by Crippen LogP contribution is 2.68. The summed E-state index contributed by atoms with van der Waals surface area (Å²) >= 11 is 0. The normalized spacial score (nSPS) is 44.1. The Labute approximate surface area is 196 Å². The molecule has 0 aromatic heterocycles. The lowest BCUT2D eigenvalue weighted by Crippen LogP contribution is -2.66. The molecule has 0 bridgehead atoms. The summed E-state index contributed by atoms with van der Waals surface area (Å²) in [6.07, 6.45) is 6.57. The molecule has 0 heterocycles. The molecule has 4 fully saturated rings. The SMILES string of the molecule is CCOC(=O)[C@@H]1CC[C@@H]2[C@H]3CC[C@@]4(O)C[C@@H](OC(C)=O)CC[C@]4(COC(C)=O)[C@@H]3CC[C@]21C. The van der Waals surface area contributed by atoms with E-state index in [4.69, 9.17) is 14.2 Å². The first kappa shape index (κ1) is 24.5. The van der Waals surface area contributed by atoms with Gasteiger partial charge in [0.15, 0.2) is 0 Å². The monoisotopic (exact) mass is 464 g/mol. The molecule has 0 aromatic carbocycles. The third-order valence-corrected chi connectivity index (χ3v) is 9.88. The van der Waals surface area contributed by atoms with Crippen molar-refractivity contribution < 1.29 is 33.7 Å². The standard InChI is InChI=1S/C26H40O7/c1-5-31-23(29)22-7-6-20-19-9-13-26(30)14-18(33-17(3)28)8-12-25(26,15-32-16(2)27)21(19)10-11-24(20,22)4/h18-22,30H,5-15H2,1-4H3/t18-,19+,20+,21+,22-,24+,25-,26+/m0/s1. The first-order valence-electron chi connectivity index (χ1n) is 12.8. The van der Waals surface area contributed by atoms with Crippen LogP contribution in [0.3, 0.4) is 0 Å². The smallest absolute Gasteiger partial charge is 0.309 e. The van der Waals surface area contributed by atoms with Crippen molar-refractivity contribution in [2.45, 2.75) is 97.2 Å². The minimum Gasteiger partial charge on any atom is -0.466 e. The van der Waals surface area contributed by atoms with Gasteiger partial charge >= 0.3 is 17.9 Å². The van der Waals surface area contributed by atoms with Crippen LogP contribution in [0.4, 0.5) is 0 Å². The molecular weight excluding hydrogens is 424 g/mol. The van der Waals surface area contributed by atoms with Crippen molar-refractivity contribution in [3.8, 4) is 0 Å². The summed E-state index contributed by atoms with van der Waals surface area (Å²) in [6, 6.07) is 0. The largest absolute Gasteiger partial charge is 0.466 e. The second-order valence-electron chi connectivity index (χ2n) is 11.3. The Morgan fingerprint density at radius 3 is 2.33 bits per heavy atom. The topological polar surface area (TPSA) is 99.1 Å². The summed E-state index contributed by atoms with van der Waals surface area (Å²) in [7, 11) is 0. The molecule has 0 aliphatic heterocycles. The van der Waals surface area contributed by atoms with Gasteiger partial charge in [0.05, 0.1) is 24.7 Å². The summed E-state index contributed by atoms with van der Waals surface area (Å²) in [6.45, 7) is 7.56. The van der Waals surface area contributed by atoms with Crippen LogP contribution in [0.5, 0.6) is 0 Å². The lowest BCUT2D eigenvalue weighted by molar-refractivity contribution is -0.245. The molecule has 0 spiro atoms. The van der Waals surface area contributed by atoms with Gasteiger partial charge in [-0.25, -0.2) is 0 Å². The zero-order chi connectivity index (χ0) is 24.0. The Morgan fingerprint density at radius 2 is 1.67 bits per heavy atom. The highest BCUT2D eigenvalue weighted by Gasteiger charge is 2.67. The van der Waals surface area contributed by atoms with E-state index in [9.17, 15) is 19.5 Å². The zero-order valence-electron chi connectivity index (χ0n) is 20.6. The maximum Gasteiger partial charge on any atom is 0.309 e. The first-order valence-corrected chi connectivity index (χ1v) is 12.8. The maximum atomic E-state index is 12.7. The maximum absolute atomic E-state index is 12.7. The predicted molar refractivity (Wildman–Crippen MR) is 120 cm³/mol. The molecule has 0 amide bonds. The Bertz CT molecular complexity index is 796. The molecule has 7 heteroatoms. The van der Waals surface area contributed by atoms with Crippen molar-refractivity contribution in [2.24, 2.45) is 34.5 Å². The Morgan fingerprint density at radius 1 is 0.909 bits per heavy atom. The van der Waals surface area contributed by atoms with Gasteiger partial charge in [-0.3, -0.25) is 14.4 Å². The molecular formula is C26H40O7. The third kappa shape index (κ3) is 3.98. The Kier molecular flexibility index (Phi) is 6.58. The molecule has 7 nitrogen and oxygen atoms in total. The van der Waals surface area contributed by atoms with Gasteiger partial charge in [-0.15, -0.1) is 0 Å². The van der Waals surface area contributed by atoms with E-state index in [0.717, 1.165) is 32.1 Å². The van der Waals surface area contributed by atoms with Gasteiger partial charge in [-0.1, -0.05) is 6.92 Å². The zero-order valence-corrected chi connectivity index (χ0v) is 20.6. The number of esters is 3. The summed E-state index contributed by atoms with van der Waals surface area (Å²) in [4.78, 5) is 36.1. The minimum atomic E-state index is -1.03. The fourth-order valence-electron chi connectivity index (χ4n) is 8.51. The second-order valence-corrected chi connectivity index (χ2v) is 11.3. The molecule has 0 unspecified atom stereocenters. The van der Waals surface area contributed by atoms with Crippen LogP contribution in [-0.4, -0.2) is 47.9 Å². The molecule has 1 N–H and O–H groups in total. The van der Waals surface area contributed by atoms with Gasteiger partial charge in [-0.2, -0.15) is 0 Å². The van der Waals surface area contributed by atoms with Gasteiger partial charge < -0.3 is 19.3 Å². The van der Waals surface area contributed by atoms with Gasteiger partial charge in [-0.05, 0) is 81.5 Å². The van der Waals surface area contributed by atoms with Crippen molar-refractivity contribution in [1.29, 1.82) is 0 Å². The Hall–Kier alpha value is -1.63. The fourth-order valence-corrected chi connectivity index (χ4v) is 8.51. The molecule has 4 aliphatic carbocycles. The number of hydrogen-bond acceptors (Lipinski definition) is 7. The molecule has 186 valence electrons. The van der Waals surface area contributed by atoms with Crippen LogP contribution in [0.15, 0.2) is 0 Å². The van der Waals surface area contributed by atoms with E-state index in [-0.39, 0.29) is 47.9 Å². The highest BCUT2D eigenvalue weighted by molar-refractivity contribution is 5.74. The third-order valence-electron chi connectivity index (χ3n) is 9.88. The number of carbonyl (C=O) groups is 3. The van der Waals surface area contributed by atoms with E-state index in [0.29, 0.717) is 44.1 Å². The van der Waals surface area contributed by atoms with Crippen LogP contribution in [0, 0.1) is 34.5 Å². The minimum absolute atomic E-state index is 0.0617. The van der Waals surface area contributed by atoms with E-state index < -0.39 is 11.0 Å². The number of ether oxygens (including phenoxy) is 3. The quantitative estimate of drug-likeness (QED) is 0.488. The molecule has 8 atom stereocenters. The summed E-state index contributed by atoms with van der Waals surface area (Å²) in [5.74, 6) is 0.208. The molecule has 4 saturated carbocycles. The van der Waals surface area contributed by atoms with Crippen LogP contribution in [0.25, 0.3) is 0 Å². The number of carbonyl (C=O) groups excluding carboxylic acids is 3. The molecule has 0 radical (unpaired) electrons. The van der Waals surface area contributed by atoms with Crippen LogP contribution >= 0.6 is 0 Å². The van der Waals surface area contributed by atoms with Gasteiger partial charge in [0.25, 0.3) is 0 Å². The molecule has 0 saturated heterocycles. The highest BCUT2D eigenvalue weighted by atomic mass is 16.5. The van der Waals surface area contributed by atoms with E-state index in [1.165, 1.54) is 13.8 Å². The number of fused-ring (bicyclic) bond motifs is 5. The van der Waals surface area contributed by atoms with Crippen molar-refractivity contribution in [3.05, 3.63) is 0 Å². The van der Waals surface area contributed by atoms with Gasteiger partial charge in [0.2, 0.25) is 0 Å². The lowest BCUT2D eigenvalue weighted by atomic mass is 9.43. The molecule has 33 heavy (non-hydrogen) atoms. The number of aliphatic hydroxyl groups is 1. The van der Waals surface area contributed by atoms with Gasteiger partial charge in [0, 0.05) is 25.7 Å².